The number of benzene rings is 1. The molecular weight excluding hydrogens is 481 g/mol. The van der Waals surface area contributed by atoms with Crippen LogP contribution in [-0.4, -0.2) is 56.8 Å². The molecule has 2 N–H and O–H groups in total. The highest BCUT2D eigenvalue weighted by molar-refractivity contribution is 14.0. The number of likely N-dealkylation sites (tertiary alicyclic amines) is 1. The highest BCUT2D eigenvalue weighted by Gasteiger charge is 2.31. The van der Waals surface area contributed by atoms with Gasteiger partial charge in [-0.05, 0) is 37.8 Å². The van der Waals surface area contributed by atoms with Crippen molar-refractivity contribution in [2.75, 3.05) is 27.2 Å². The molecule has 0 amide bonds. The van der Waals surface area contributed by atoms with E-state index in [4.69, 9.17) is 4.74 Å². The molecule has 0 aromatic heterocycles. The summed E-state index contributed by atoms with van der Waals surface area (Å²) in [5.41, 5.74) is 0.614. The molecule has 1 aromatic carbocycles. The van der Waals surface area contributed by atoms with Crippen molar-refractivity contribution in [1.29, 1.82) is 0 Å². The molecule has 1 aliphatic carbocycles. The zero-order valence-corrected chi connectivity index (χ0v) is 18.6. The number of hydrogen-bond donors (Lipinski definition) is 2. The number of nitrogens with one attached hydrogen (secondary N) is 2. The Balaban J connectivity index is 0.00000280. The van der Waals surface area contributed by atoms with E-state index in [0.717, 1.165) is 32.0 Å². The molecule has 1 saturated carbocycles. The van der Waals surface area contributed by atoms with Gasteiger partial charge in [-0.1, -0.05) is 0 Å². The minimum atomic E-state index is -2.88. The summed E-state index contributed by atoms with van der Waals surface area (Å²) in [5, 5.41) is 6.63. The number of rotatable bonds is 7. The molecule has 0 bridgehead atoms. The molecule has 1 heterocycles. The maximum Gasteiger partial charge on any atom is 0.387 e. The minimum Gasteiger partial charge on any atom is -0.497 e. The van der Waals surface area contributed by atoms with Crippen molar-refractivity contribution < 1.29 is 18.3 Å². The average molecular weight is 510 g/mol. The van der Waals surface area contributed by atoms with Crippen molar-refractivity contribution in [3.8, 4) is 11.5 Å². The number of guanidine groups is 1. The molecule has 3 rings (SSSR count). The van der Waals surface area contributed by atoms with Crippen LogP contribution in [0, 0.1) is 0 Å². The van der Waals surface area contributed by atoms with Crippen LogP contribution in [0.3, 0.4) is 0 Å². The van der Waals surface area contributed by atoms with E-state index in [2.05, 4.69) is 25.3 Å². The van der Waals surface area contributed by atoms with Crippen molar-refractivity contribution in [3.63, 3.8) is 0 Å². The van der Waals surface area contributed by atoms with E-state index in [9.17, 15) is 8.78 Å². The first-order valence-electron chi connectivity index (χ1n) is 9.42. The number of piperidine rings is 1. The number of alkyl halides is 2. The molecule has 28 heavy (non-hydrogen) atoms. The topological polar surface area (TPSA) is 58.1 Å². The molecule has 158 valence electrons. The van der Waals surface area contributed by atoms with Gasteiger partial charge < -0.3 is 25.0 Å². The van der Waals surface area contributed by atoms with E-state index < -0.39 is 6.61 Å². The van der Waals surface area contributed by atoms with Gasteiger partial charge in [0.15, 0.2) is 5.96 Å². The molecule has 9 heteroatoms. The lowest BCUT2D eigenvalue weighted by Crippen LogP contribution is -2.48. The number of hydrogen-bond acceptors (Lipinski definition) is 4. The third kappa shape index (κ3) is 6.61. The van der Waals surface area contributed by atoms with Crippen LogP contribution in [0.5, 0.6) is 11.5 Å². The molecule has 1 aliphatic heterocycles. The van der Waals surface area contributed by atoms with Gasteiger partial charge in [0.05, 0.1) is 7.11 Å². The van der Waals surface area contributed by atoms with Crippen LogP contribution >= 0.6 is 24.0 Å². The Kier molecular flexibility index (Phi) is 9.00. The SMILES string of the molecule is CN=C(NCc1ccc(OC)cc1OC(F)F)NC1CCN(C2CC2)CC1.I. The largest absolute Gasteiger partial charge is 0.497 e. The molecule has 0 radical (unpaired) electrons. The molecule has 0 atom stereocenters. The molecule has 0 unspecified atom stereocenters. The van der Waals surface area contributed by atoms with Crippen LogP contribution in [0.4, 0.5) is 8.78 Å². The lowest BCUT2D eigenvalue weighted by Gasteiger charge is -2.33. The second-order valence-electron chi connectivity index (χ2n) is 6.96. The molecule has 1 aromatic rings. The average Bonchev–Trinajstić information content (AvgIpc) is 3.51. The van der Waals surface area contributed by atoms with Crippen molar-refractivity contribution in [3.05, 3.63) is 23.8 Å². The molecule has 0 spiro atoms. The van der Waals surface area contributed by atoms with Crippen LogP contribution in [0.2, 0.25) is 0 Å². The smallest absolute Gasteiger partial charge is 0.387 e. The summed E-state index contributed by atoms with van der Waals surface area (Å²) >= 11 is 0. The summed E-state index contributed by atoms with van der Waals surface area (Å²) in [6.07, 6.45) is 4.84. The van der Waals surface area contributed by atoms with Crippen molar-refractivity contribution in [2.45, 2.75) is 50.9 Å². The second kappa shape index (κ2) is 11.0. The summed E-state index contributed by atoms with van der Waals surface area (Å²) in [6.45, 7) is -0.328. The van der Waals surface area contributed by atoms with E-state index in [1.165, 1.54) is 26.0 Å². The predicted octanol–water partition coefficient (Wildman–Crippen LogP) is 3.21. The first-order valence-corrected chi connectivity index (χ1v) is 9.42. The third-order valence-corrected chi connectivity index (χ3v) is 5.09. The molecule has 6 nitrogen and oxygen atoms in total. The Labute approximate surface area is 182 Å². The molecule has 2 fully saturated rings. The summed E-state index contributed by atoms with van der Waals surface area (Å²) in [5.74, 6) is 1.24. The Morgan fingerprint density at radius 1 is 1.25 bits per heavy atom. The van der Waals surface area contributed by atoms with Gasteiger partial charge in [-0.15, -0.1) is 24.0 Å². The molecular formula is C19H29F2IN4O2. The lowest BCUT2D eigenvalue weighted by molar-refractivity contribution is -0.0505. The predicted molar refractivity (Wildman–Crippen MR) is 116 cm³/mol. The third-order valence-electron chi connectivity index (χ3n) is 5.09. The number of ether oxygens (including phenoxy) is 2. The Morgan fingerprint density at radius 2 is 1.96 bits per heavy atom. The standard InChI is InChI=1S/C19H28F2N4O2.HI/c1-22-19(24-14-7-9-25(10-8-14)15-4-5-15)23-12-13-3-6-16(26-2)11-17(13)27-18(20)21;/h3,6,11,14-15,18H,4-5,7-10,12H2,1-2H3,(H2,22,23,24);1H. The summed E-state index contributed by atoms with van der Waals surface area (Å²) in [4.78, 5) is 6.82. The fourth-order valence-corrected chi connectivity index (χ4v) is 3.43. The molecule has 1 saturated heterocycles. The summed E-state index contributed by atoms with van der Waals surface area (Å²) in [7, 11) is 3.19. The fraction of sp³-hybridized carbons (Fsp3) is 0.632. The van der Waals surface area contributed by atoms with Crippen LogP contribution < -0.4 is 20.1 Å². The zero-order valence-electron chi connectivity index (χ0n) is 16.3. The van der Waals surface area contributed by atoms with Crippen molar-refractivity contribution >= 4 is 29.9 Å². The van der Waals surface area contributed by atoms with E-state index in [-0.39, 0.29) is 29.7 Å². The second-order valence-corrected chi connectivity index (χ2v) is 6.96. The van der Waals surface area contributed by atoms with Gasteiger partial charge in [-0.2, -0.15) is 8.78 Å². The Morgan fingerprint density at radius 3 is 2.54 bits per heavy atom. The van der Waals surface area contributed by atoms with Gasteiger partial charge in [-0.3, -0.25) is 4.99 Å². The van der Waals surface area contributed by atoms with Gasteiger partial charge in [0.1, 0.15) is 11.5 Å². The van der Waals surface area contributed by atoms with E-state index in [1.54, 1.807) is 19.2 Å². The maximum atomic E-state index is 12.7. The Hall–Kier alpha value is -1.36. The first kappa shape index (κ1) is 22.9. The van der Waals surface area contributed by atoms with Gasteiger partial charge in [0, 0.05) is 50.4 Å². The number of nitrogens with zero attached hydrogens (tertiary/aromatic N) is 2. The van der Waals surface area contributed by atoms with Crippen LogP contribution in [0.15, 0.2) is 23.2 Å². The van der Waals surface area contributed by atoms with Gasteiger partial charge >= 0.3 is 6.61 Å². The van der Waals surface area contributed by atoms with Gasteiger partial charge in [-0.25, -0.2) is 0 Å². The van der Waals surface area contributed by atoms with Crippen molar-refractivity contribution in [1.82, 2.24) is 15.5 Å². The summed E-state index contributed by atoms with van der Waals surface area (Å²) < 4.78 is 35.1. The van der Waals surface area contributed by atoms with E-state index >= 15 is 0 Å². The lowest BCUT2D eigenvalue weighted by atomic mass is 10.1. The number of methoxy groups -OCH3 is 1. The van der Waals surface area contributed by atoms with Crippen LogP contribution in [-0.2, 0) is 6.54 Å². The highest BCUT2D eigenvalue weighted by atomic mass is 127. The minimum absolute atomic E-state index is 0. The quantitative estimate of drug-likeness (QED) is 0.335. The van der Waals surface area contributed by atoms with Crippen LogP contribution in [0.25, 0.3) is 0 Å². The monoisotopic (exact) mass is 510 g/mol. The van der Waals surface area contributed by atoms with Crippen molar-refractivity contribution in [2.24, 2.45) is 4.99 Å². The number of halogens is 3. The van der Waals surface area contributed by atoms with E-state index in [0.29, 0.717) is 29.9 Å². The van der Waals surface area contributed by atoms with Gasteiger partial charge in [0.2, 0.25) is 0 Å². The molecule has 2 aliphatic rings. The highest BCUT2D eigenvalue weighted by Crippen LogP contribution is 2.29. The zero-order chi connectivity index (χ0) is 19.2. The van der Waals surface area contributed by atoms with Crippen LogP contribution in [0.1, 0.15) is 31.2 Å². The first-order chi connectivity index (χ1) is 13.1. The van der Waals surface area contributed by atoms with Gasteiger partial charge in [0.25, 0.3) is 0 Å². The Bertz CT molecular complexity index is 651. The maximum absolute atomic E-state index is 12.7. The summed E-state index contributed by atoms with van der Waals surface area (Å²) in [6, 6.07) is 6.09. The van der Waals surface area contributed by atoms with E-state index in [1.807, 2.05) is 0 Å². The fourth-order valence-electron chi connectivity index (χ4n) is 3.43. The normalized spacial score (nSPS) is 18.5. The number of aliphatic imine (C=N–C) groups is 1.